The summed E-state index contributed by atoms with van der Waals surface area (Å²) in [6.07, 6.45) is 9.90. The Labute approximate surface area is 270 Å². The van der Waals surface area contributed by atoms with E-state index in [1.54, 1.807) is 0 Å². The van der Waals surface area contributed by atoms with Gasteiger partial charge in [-0.2, -0.15) is 0 Å². The second-order valence-corrected chi connectivity index (χ2v) is 11.4. The number of rotatable bonds is 22. The van der Waals surface area contributed by atoms with Crippen molar-refractivity contribution in [1.29, 1.82) is 0 Å². The number of methoxy groups -OCH3 is 2. The molecule has 264 valence electrons. The van der Waals surface area contributed by atoms with Crippen LogP contribution in [0.2, 0.25) is 0 Å². The van der Waals surface area contributed by atoms with Crippen LogP contribution < -0.4 is 10.2 Å². The molecule has 0 unspecified atom stereocenters. The number of esters is 2. The van der Waals surface area contributed by atoms with Crippen LogP contribution in [-0.4, -0.2) is 99.4 Å². The maximum Gasteiger partial charge on any atom is 0.305 e. The van der Waals surface area contributed by atoms with Crippen LogP contribution >= 0.6 is 0 Å². The summed E-state index contributed by atoms with van der Waals surface area (Å²) < 4.78 is 11.1. The van der Waals surface area contributed by atoms with Crippen LogP contribution in [0.1, 0.15) is 132 Å². The summed E-state index contributed by atoms with van der Waals surface area (Å²) in [4.78, 5) is 39.8. The molecule has 0 aromatic carbocycles. The van der Waals surface area contributed by atoms with Gasteiger partial charge < -0.3 is 38.2 Å². The highest BCUT2D eigenvalue weighted by Crippen LogP contribution is 2.13. The highest BCUT2D eigenvalue weighted by Gasteiger charge is 2.23. The molecule has 0 rings (SSSR count). The van der Waals surface area contributed by atoms with Gasteiger partial charge in [0.25, 0.3) is 0 Å². The zero-order valence-corrected chi connectivity index (χ0v) is 30.3. The Morgan fingerprint density at radius 2 is 0.591 bits per heavy atom. The van der Waals surface area contributed by atoms with Gasteiger partial charge in [-0.1, -0.05) is 55.4 Å². The lowest BCUT2D eigenvalue weighted by Crippen LogP contribution is -2.50. The normalized spacial score (nSPS) is 10.6. The van der Waals surface area contributed by atoms with E-state index < -0.39 is 23.9 Å². The zero-order chi connectivity index (χ0) is 34.9. The lowest BCUT2D eigenvalue weighted by atomic mass is 10.2. The first-order chi connectivity index (χ1) is 20.8. The fourth-order valence-electron chi connectivity index (χ4n) is 5.75. The average molecular weight is 635 g/mol. The van der Waals surface area contributed by atoms with Gasteiger partial charge in [0, 0.05) is 11.9 Å². The summed E-state index contributed by atoms with van der Waals surface area (Å²) in [7, 11) is 2.41. The van der Waals surface area contributed by atoms with Crippen LogP contribution in [0.25, 0.3) is 0 Å². The van der Waals surface area contributed by atoms with E-state index in [2.05, 4.69) is 64.9 Å². The molecule has 0 radical (unpaired) electrons. The molecule has 10 heteroatoms. The highest BCUT2D eigenvalue weighted by atomic mass is 16.5. The first-order valence-corrected chi connectivity index (χ1v) is 17.1. The van der Waals surface area contributed by atoms with Gasteiger partial charge >= 0.3 is 11.9 Å². The lowest BCUT2D eigenvalue weighted by molar-refractivity contribution is -0.928. The van der Waals surface area contributed by atoms with Crippen LogP contribution in [0.3, 0.4) is 0 Å². The molecular formula is C34H70N2O8. The number of aliphatic carboxylic acids is 2. The van der Waals surface area contributed by atoms with Crippen LogP contribution in [-0.2, 0) is 28.7 Å². The minimum atomic E-state index is -1.24. The van der Waals surface area contributed by atoms with Crippen molar-refractivity contribution >= 4 is 23.9 Å². The molecule has 0 bridgehead atoms. The smallest absolute Gasteiger partial charge is 0.305 e. The second-order valence-electron chi connectivity index (χ2n) is 11.4. The number of nitrogens with zero attached hydrogens (tertiary/aromatic N) is 2. The van der Waals surface area contributed by atoms with Crippen molar-refractivity contribution in [3.05, 3.63) is 0 Å². The molecule has 0 saturated heterocycles. The molecule has 0 fully saturated rings. The molecule has 0 saturated carbocycles. The molecule has 0 aliphatic carbocycles. The molecule has 10 nitrogen and oxygen atoms in total. The van der Waals surface area contributed by atoms with Crippen molar-refractivity contribution in [2.45, 2.75) is 132 Å². The van der Waals surface area contributed by atoms with Crippen LogP contribution in [0.5, 0.6) is 0 Å². The van der Waals surface area contributed by atoms with Gasteiger partial charge in [-0.3, -0.25) is 9.59 Å². The Hall–Kier alpha value is -2.20. The number of carboxylic acids is 2. The van der Waals surface area contributed by atoms with Gasteiger partial charge in [-0.25, -0.2) is 0 Å². The fraction of sp³-hybridized carbons (Fsp3) is 0.882. The Kier molecular flexibility index (Phi) is 37.3. The van der Waals surface area contributed by atoms with Crippen LogP contribution in [0.4, 0.5) is 0 Å². The summed E-state index contributed by atoms with van der Waals surface area (Å²) >= 11 is 0. The summed E-state index contributed by atoms with van der Waals surface area (Å²) in [5.74, 6) is -3.53. The van der Waals surface area contributed by atoms with Crippen LogP contribution in [0.15, 0.2) is 0 Å². The van der Waals surface area contributed by atoms with E-state index >= 15 is 0 Å². The molecule has 0 aliphatic rings. The predicted octanol–water partition coefficient (Wildman–Crippen LogP) is 4.27. The molecule has 0 atom stereocenters. The topological polar surface area (TPSA) is 133 Å². The quantitative estimate of drug-likeness (QED) is 0.127. The highest BCUT2D eigenvalue weighted by molar-refractivity contribution is 5.75. The SMILES string of the molecule is CCC[N+](CCC)(CCC)CCC.CCC[N+](CCC)(CCC)CCC.COC(=O)CCC(=O)[O-].COC(=O)CCC(=O)[O-]. The first-order valence-electron chi connectivity index (χ1n) is 17.1. The van der Waals surface area contributed by atoms with Crippen molar-refractivity contribution < 1.29 is 47.8 Å². The van der Waals surface area contributed by atoms with Gasteiger partial charge in [0.05, 0.1) is 79.4 Å². The van der Waals surface area contributed by atoms with E-state index in [4.69, 9.17) is 0 Å². The van der Waals surface area contributed by atoms with Crippen molar-refractivity contribution in [2.75, 3.05) is 66.6 Å². The number of carbonyl (C=O) groups excluding carboxylic acids is 4. The summed E-state index contributed by atoms with van der Waals surface area (Å²) in [5, 5.41) is 19.4. The van der Waals surface area contributed by atoms with E-state index in [0.717, 1.165) is 0 Å². The molecule has 0 spiro atoms. The first kappa shape index (κ1) is 48.7. The predicted molar refractivity (Wildman–Crippen MR) is 174 cm³/mol. The average Bonchev–Trinajstić information content (AvgIpc) is 2.96. The largest absolute Gasteiger partial charge is 0.550 e. The molecule has 0 aromatic heterocycles. The monoisotopic (exact) mass is 635 g/mol. The van der Waals surface area contributed by atoms with Gasteiger partial charge in [-0.05, 0) is 64.2 Å². The fourth-order valence-corrected chi connectivity index (χ4v) is 5.75. The number of carboxylic acid groups (broad SMARTS) is 2. The van der Waals surface area contributed by atoms with Gasteiger partial charge in [-0.15, -0.1) is 0 Å². The van der Waals surface area contributed by atoms with Crippen LogP contribution in [0, 0.1) is 0 Å². The Balaban J connectivity index is -0.000000246. The van der Waals surface area contributed by atoms with Crippen molar-refractivity contribution in [1.82, 2.24) is 0 Å². The third kappa shape index (κ3) is 31.2. The lowest BCUT2D eigenvalue weighted by Gasteiger charge is -2.38. The van der Waals surface area contributed by atoms with Crippen molar-refractivity contribution in [3.8, 4) is 0 Å². The van der Waals surface area contributed by atoms with Gasteiger partial charge in [0.15, 0.2) is 0 Å². The van der Waals surface area contributed by atoms with Crippen molar-refractivity contribution in [3.63, 3.8) is 0 Å². The summed E-state index contributed by atoms with van der Waals surface area (Å²) in [6, 6.07) is 0. The Morgan fingerprint density at radius 3 is 0.705 bits per heavy atom. The van der Waals surface area contributed by atoms with E-state index in [-0.39, 0.29) is 25.7 Å². The molecule has 44 heavy (non-hydrogen) atoms. The molecule has 0 N–H and O–H groups in total. The number of carbonyl (C=O) groups is 4. The minimum absolute atomic E-state index is 0.112. The summed E-state index contributed by atoms with van der Waals surface area (Å²) in [5.41, 5.74) is 0. The maximum atomic E-state index is 10.2. The third-order valence-electron chi connectivity index (χ3n) is 7.11. The van der Waals surface area contributed by atoms with E-state index in [1.165, 1.54) is 127 Å². The number of hydrogen-bond acceptors (Lipinski definition) is 8. The number of hydrogen-bond donors (Lipinski definition) is 0. The second kappa shape index (κ2) is 33.7. The molecule has 0 amide bonds. The standard InChI is InChI=1S/2C12H28N.2C5H8O4/c2*1-5-9-13(10-6-2,11-7-3)12-8-4;2*1-9-5(8)3-2-4(6)7/h2*5-12H2,1-4H3;2*2-3H2,1H3,(H,6,7)/q2*+1;;/p-2. The molecule has 0 heterocycles. The number of ether oxygens (including phenoxy) is 2. The minimum Gasteiger partial charge on any atom is -0.550 e. The zero-order valence-electron chi connectivity index (χ0n) is 30.3. The molecular weight excluding hydrogens is 564 g/mol. The van der Waals surface area contributed by atoms with E-state index in [1.807, 2.05) is 0 Å². The molecule has 0 aromatic rings. The van der Waals surface area contributed by atoms with Crippen molar-refractivity contribution in [2.24, 2.45) is 0 Å². The Morgan fingerprint density at radius 1 is 0.409 bits per heavy atom. The summed E-state index contributed by atoms with van der Waals surface area (Å²) in [6.45, 7) is 29.6. The van der Waals surface area contributed by atoms with Gasteiger partial charge in [0.1, 0.15) is 0 Å². The van der Waals surface area contributed by atoms with E-state index in [9.17, 15) is 29.4 Å². The molecule has 0 aliphatic heterocycles. The number of quaternary nitrogens is 2. The maximum absolute atomic E-state index is 10.2. The third-order valence-corrected chi connectivity index (χ3v) is 7.11. The van der Waals surface area contributed by atoms with Gasteiger partial charge in [0.2, 0.25) is 0 Å². The van der Waals surface area contributed by atoms with E-state index in [0.29, 0.717) is 0 Å². The Bertz CT molecular complexity index is 584.